The van der Waals surface area contributed by atoms with E-state index < -0.39 is 0 Å². The molecule has 3 rings (SSSR count). The standard InChI is InChI=1S/C16H19NOS/c1-2-17-15(12-4-3-5-12)16(18)13-7-6-11-8-9-19-14(11)10-13/h6-10,12,15,17H,2-5H2,1H3. The summed E-state index contributed by atoms with van der Waals surface area (Å²) in [4.78, 5) is 12.7. The van der Waals surface area contributed by atoms with Crippen molar-refractivity contribution < 1.29 is 4.79 Å². The highest BCUT2D eigenvalue weighted by Gasteiger charge is 2.32. The van der Waals surface area contributed by atoms with E-state index >= 15 is 0 Å². The van der Waals surface area contributed by atoms with E-state index in [0.717, 1.165) is 12.1 Å². The van der Waals surface area contributed by atoms with Crippen LogP contribution in [0.3, 0.4) is 0 Å². The van der Waals surface area contributed by atoms with Gasteiger partial charge >= 0.3 is 0 Å². The Morgan fingerprint density at radius 2 is 2.26 bits per heavy atom. The molecule has 1 N–H and O–H groups in total. The Hall–Kier alpha value is -1.19. The summed E-state index contributed by atoms with van der Waals surface area (Å²) in [5.41, 5.74) is 0.854. The molecule has 1 fully saturated rings. The third kappa shape index (κ3) is 2.45. The van der Waals surface area contributed by atoms with Gasteiger partial charge in [-0.05, 0) is 48.2 Å². The lowest BCUT2D eigenvalue weighted by atomic mass is 9.77. The van der Waals surface area contributed by atoms with Gasteiger partial charge in [0.15, 0.2) is 5.78 Å². The maximum absolute atomic E-state index is 12.7. The predicted octanol–water partition coefficient (Wildman–Crippen LogP) is 3.86. The number of likely N-dealkylation sites (N-methyl/N-ethyl adjacent to an activating group) is 1. The molecule has 0 spiro atoms. The van der Waals surface area contributed by atoms with Crippen LogP contribution in [0.4, 0.5) is 0 Å². The molecule has 100 valence electrons. The average molecular weight is 273 g/mol. The van der Waals surface area contributed by atoms with E-state index in [9.17, 15) is 4.79 Å². The molecule has 2 nitrogen and oxygen atoms in total. The second-order valence-electron chi connectivity index (χ2n) is 5.26. The van der Waals surface area contributed by atoms with Gasteiger partial charge in [0, 0.05) is 10.3 Å². The van der Waals surface area contributed by atoms with Crippen LogP contribution in [0.2, 0.25) is 0 Å². The SMILES string of the molecule is CCNC(C(=O)c1ccc2ccsc2c1)C1CCC1. The second-order valence-corrected chi connectivity index (χ2v) is 6.21. The predicted molar refractivity (Wildman–Crippen MR) is 81.0 cm³/mol. The fourth-order valence-electron chi connectivity index (χ4n) is 2.75. The molecule has 0 aliphatic heterocycles. The van der Waals surface area contributed by atoms with Gasteiger partial charge in [-0.2, -0.15) is 0 Å². The first-order valence-corrected chi connectivity index (χ1v) is 7.92. The van der Waals surface area contributed by atoms with E-state index in [1.165, 1.54) is 29.3 Å². The van der Waals surface area contributed by atoms with Gasteiger partial charge in [0.05, 0.1) is 6.04 Å². The molecule has 0 bridgehead atoms. The van der Waals surface area contributed by atoms with Crippen molar-refractivity contribution in [1.29, 1.82) is 0 Å². The molecule has 1 aromatic carbocycles. The maximum atomic E-state index is 12.7. The van der Waals surface area contributed by atoms with E-state index in [-0.39, 0.29) is 11.8 Å². The molecule has 0 radical (unpaired) electrons. The Bertz CT molecular complexity index is 585. The third-order valence-electron chi connectivity index (χ3n) is 4.07. The van der Waals surface area contributed by atoms with Crippen LogP contribution in [0.1, 0.15) is 36.5 Å². The molecule has 0 amide bonds. The molecule has 1 aliphatic rings. The van der Waals surface area contributed by atoms with Gasteiger partial charge in [-0.25, -0.2) is 0 Å². The number of benzene rings is 1. The van der Waals surface area contributed by atoms with Gasteiger partial charge < -0.3 is 5.32 Å². The van der Waals surface area contributed by atoms with Crippen molar-refractivity contribution in [2.45, 2.75) is 32.2 Å². The summed E-state index contributed by atoms with van der Waals surface area (Å²) in [6.45, 7) is 2.93. The Morgan fingerprint density at radius 1 is 1.42 bits per heavy atom. The first-order valence-electron chi connectivity index (χ1n) is 7.04. The number of thiophene rings is 1. The minimum Gasteiger partial charge on any atom is -0.307 e. The first kappa shape index (κ1) is 12.8. The maximum Gasteiger partial charge on any atom is 0.180 e. The van der Waals surface area contributed by atoms with Crippen molar-refractivity contribution in [3.05, 3.63) is 35.2 Å². The Balaban J connectivity index is 1.87. The minimum absolute atomic E-state index is 0.0103. The van der Waals surface area contributed by atoms with Gasteiger partial charge in [0.1, 0.15) is 0 Å². The fourth-order valence-corrected chi connectivity index (χ4v) is 3.58. The number of hydrogen-bond donors (Lipinski definition) is 1. The van der Waals surface area contributed by atoms with Crippen molar-refractivity contribution in [3.8, 4) is 0 Å². The molecule has 1 unspecified atom stereocenters. The molecular formula is C16H19NOS. The molecule has 1 heterocycles. The zero-order valence-electron chi connectivity index (χ0n) is 11.2. The molecule has 1 atom stereocenters. The van der Waals surface area contributed by atoms with Crippen LogP contribution in [0.5, 0.6) is 0 Å². The van der Waals surface area contributed by atoms with Crippen LogP contribution in [0, 0.1) is 5.92 Å². The molecule has 2 aromatic rings. The lowest BCUT2D eigenvalue weighted by molar-refractivity contribution is 0.0864. The Labute approximate surface area is 117 Å². The van der Waals surface area contributed by atoms with Gasteiger partial charge in [-0.15, -0.1) is 11.3 Å². The zero-order valence-corrected chi connectivity index (χ0v) is 12.0. The summed E-state index contributed by atoms with van der Waals surface area (Å²) < 4.78 is 1.20. The molecule has 19 heavy (non-hydrogen) atoms. The van der Waals surface area contributed by atoms with E-state index in [4.69, 9.17) is 0 Å². The number of Topliss-reactive ketones (excluding diaryl/α,β-unsaturated/α-hetero) is 1. The van der Waals surface area contributed by atoms with Crippen molar-refractivity contribution in [2.24, 2.45) is 5.92 Å². The average Bonchev–Trinajstić information content (AvgIpc) is 2.82. The van der Waals surface area contributed by atoms with E-state index in [1.807, 2.05) is 12.1 Å². The number of fused-ring (bicyclic) bond motifs is 1. The highest BCUT2D eigenvalue weighted by molar-refractivity contribution is 7.17. The van der Waals surface area contributed by atoms with Crippen LogP contribution in [0.25, 0.3) is 10.1 Å². The monoisotopic (exact) mass is 273 g/mol. The van der Waals surface area contributed by atoms with Crippen LogP contribution in [0.15, 0.2) is 29.6 Å². The summed E-state index contributed by atoms with van der Waals surface area (Å²) in [5, 5.41) is 6.68. The van der Waals surface area contributed by atoms with Crippen molar-refractivity contribution >= 4 is 27.2 Å². The highest BCUT2D eigenvalue weighted by Crippen LogP contribution is 2.32. The van der Waals surface area contributed by atoms with Crippen LogP contribution >= 0.6 is 11.3 Å². The normalized spacial score (nSPS) is 17.3. The number of carbonyl (C=O) groups is 1. The molecule has 1 aliphatic carbocycles. The number of rotatable bonds is 5. The molecule has 1 aromatic heterocycles. The van der Waals surface area contributed by atoms with Gasteiger partial charge in [0.25, 0.3) is 0 Å². The summed E-state index contributed by atoms with van der Waals surface area (Å²) in [6.07, 6.45) is 3.64. The summed E-state index contributed by atoms with van der Waals surface area (Å²) in [6, 6.07) is 8.19. The summed E-state index contributed by atoms with van der Waals surface area (Å²) >= 11 is 1.70. The van der Waals surface area contributed by atoms with Gasteiger partial charge in [-0.1, -0.05) is 25.5 Å². The zero-order chi connectivity index (χ0) is 13.2. The first-order chi connectivity index (χ1) is 9.29. The van der Waals surface area contributed by atoms with E-state index in [2.05, 4.69) is 29.8 Å². The van der Waals surface area contributed by atoms with Crippen LogP contribution in [-0.4, -0.2) is 18.4 Å². The second kappa shape index (κ2) is 5.43. The summed E-state index contributed by atoms with van der Waals surface area (Å²) in [7, 11) is 0. The smallest absolute Gasteiger partial charge is 0.180 e. The number of nitrogens with one attached hydrogen (secondary N) is 1. The van der Waals surface area contributed by atoms with Crippen LogP contribution < -0.4 is 5.32 Å². The summed E-state index contributed by atoms with van der Waals surface area (Å²) in [5.74, 6) is 0.799. The largest absolute Gasteiger partial charge is 0.307 e. The van der Waals surface area contributed by atoms with Gasteiger partial charge in [0.2, 0.25) is 0 Å². The van der Waals surface area contributed by atoms with Crippen molar-refractivity contribution in [2.75, 3.05) is 6.54 Å². The molecule has 3 heteroatoms. The minimum atomic E-state index is 0.0103. The highest BCUT2D eigenvalue weighted by atomic mass is 32.1. The fraction of sp³-hybridized carbons (Fsp3) is 0.438. The number of carbonyl (C=O) groups excluding carboxylic acids is 1. The number of hydrogen-bond acceptors (Lipinski definition) is 3. The Kier molecular flexibility index (Phi) is 3.67. The Morgan fingerprint density at radius 3 is 2.95 bits per heavy atom. The lowest BCUT2D eigenvalue weighted by Crippen LogP contribution is -2.45. The lowest BCUT2D eigenvalue weighted by Gasteiger charge is -2.33. The van der Waals surface area contributed by atoms with Gasteiger partial charge in [-0.3, -0.25) is 4.79 Å². The topological polar surface area (TPSA) is 29.1 Å². The molecular weight excluding hydrogens is 254 g/mol. The van der Waals surface area contributed by atoms with Crippen molar-refractivity contribution in [3.63, 3.8) is 0 Å². The number of ketones is 1. The van der Waals surface area contributed by atoms with Crippen LogP contribution in [-0.2, 0) is 0 Å². The quantitative estimate of drug-likeness (QED) is 0.838. The molecule has 1 saturated carbocycles. The third-order valence-corrected chi connectivity index (χ3v) is 4.95. The van der Waals surface area contributed by atoms with E-state index in [0.29, 0.717) is 5.92 Å². The van der Waals surface area contributed by atoms with E-state index in [1.54, 1.807) is 11.3 Å². The van der Waals surface area contributed by atoms with Crippen molar-refractivity contribution in [1.82, 2.24) is 5.32 Å². The molecule has 0 saturated heterocycles.